The van der Waals surface area contributed by atoms with Gasteiger partial charge in [0.05, 0.1) is 11.0 Å². The molecule has 4 nitrogen and oxygen atoms in total. The van der Waals surface area contributed by atoms with Crippen molar-refractivity contribution in [3.05, 3.63) is 22.8 Å². The van der Waals surface area contributed by atoms with E-state index in [-0.39, 0.29) is 0 Å². The van der Waals surface area contributed by atoms with E-state index in [9.17, 15) is 9.90 Å². The highest BCUT2D eigenvalue weighted by atomic mass is 79.9. The van der Waals surface area contributed by atoms with E-state index in [1.807, 2.05) is 0 Å². The van der Waals surface area contributed by atoms with Crippen molar-refractivity contribution in [2.75, 3.05) is 5.73 Å². The van der Waals surface area contributed by atoms with Gasteiger partial charge in [-0.2, -0.15) is 0 Å². The summed E-state index contributed by atoms with van der Waals surface area (Å²) in [5.74, 6) is -1.10. The van der Waals surface area contributed by atoms with Gasteiger partial charge >= 0.3 is 0 Å². The SMILES string of the molecule is CC(C[n+]1cc(Br)ccc1N)C(=O)[O-]. The van der Waals surface area contributed by atoms with E-state index >= 15 is 0 Å². The van der Waals surface area contributed by atoms with Crippen molar-refractivity contribution >= 4 is 27.7 Å². The summed E-state index contributed by atoms with van der Waals surface area (Å²) in [6.07, 6.45) is 1.74. The van der Waals surface area contributed by atoms with Crippen molar-refractivity contribution in [2.45, 2.75) is 13.5 Å². The highest BCUT2D eigenvalue weighted by molar-refractivity contribution is 9.10. The van der Waals surface area contributed by atoms with Gasteiger partial charge in [0.2, 0.25) is 0 Å². The van der Waals surface area contributed by atoms with Gasteiger partial charge in [-0.25, -0.2) is 4.57 Å². The molecule has 0 saturated heterocycles. The molecule has 2 N–H and O–H groups in total. The smallest absolute Gasteiger partial charge is 0.272 e. The highest BCUT2D eigenvalue weighted by Gasteiger charge is 2.10. The Hall–Kier alpha value is -1.10. The fourth-order valence-electron chi connectivity index (χ4n) is 1.05. The lowest BCUT2D eigenvalue weighted by Gasteiger charge is -2.11. The Morgan fingerprint density at radius 1 is 1.71 bits per heavy atom. The average molecular weight is 259 g/mol. The number of hydrogen-bond donors (Lipinski definition) is 1. The van der Waals surface area contributed by atoms with E-state index in [1.54, 1.807) is 29.8 Å². The van der Waals surface area contributed by atoms with Crippen LogP contribution in [0.3, 0.4) is 0 Å². The number of nitrogen functional groups attached to an aromatic ring is 1. The number of carboxylic acids is 1. The Morgan fingerprint density at radius 2 is 2.36 bits per heavy atom. The number of hydrogen-bond acceptors (Lipinski definition) is 3. The van der Waals surface area contributed by atoms with E-state index < -0.39 is 11.9 Å². The first-order valence-electron chi connectivity index (χ1n) is 4.16. The molecule has 0 radical (unpaired) electrons. The van der Waals surface area contributed by atoms with E-state index in [0.717, 1.165) is 4.47 Å². The second-order valence-electron chi connectivity index (χ2n) is 3.14. The molecule has 0 bridgehead atoms. The number of halogens is 1. The van der Waals surface area contributed by atoms with Gasteiger partial charge in [-0.05, 0) is 22.0 Å². The van der Waals surface area contributed by atoms with Gasteiger partial charge in [0.1, 0.15) is 6.20 Å². The normalized spacial score (nSPS) is 12.4. The second kappa shape index (κ2) is 4.41. The number of pyridine rings is 1. The first-order valence-corrected chi connectivity index (χ1v) is 4.95. The van der Waals surface area contributed by atoms with Crippen molar-refractivity contribution < 1.29 is 14.5 Å². The number of aromatic nitrogens is 1. The Balaban J connectivity index is 2.85. The molecule has 1 heterocycles. The molecule has 14 heavy (non-hydrogen) atoms. The summed E-state index contributed by atoms with van der Waals surface area (Å²) in [5, 5.41) is 10.5. The van der Waals surface area contributed by atoms with Crippen LogP contribution in [0.4, 0.5) is 5.82 Å². The van der Waals surface area contributed by atoms with E-state index in [2.05, 4.69) is 15.9 Å². The van der Waals surface area contributed by atoms with E-state index in [0.29, 0.717) is 12.4 Å². The van der Waals surface area contributed by atoms with Crippen LogP contribution in [0.2, 0.25) is 0 Å². The molecule has 0 aliphatic carbocycles. The number of nitrogens with zero attached hydrogens (tertiary/aromatic N) is 1. The van der Waals surface area contributed by atoms with Gasteiger partial charge < -0.3 is 9.90 Å². The van der Waals surface area contributed by atoms with Gasteiger partial charge in [0, 0.05) is 18.0 Å². The summed E-state index contributed by atoms with van der Waals surface area (Å²) in [4.78, 5) is 10.5. The van der Waals surface area contributed by atoms with Crippen LogP contribution >= 0.6 is 15.9 Å². The molecule has 5 heteroatoms. The first kappa shape index (κ1) is 11.0. The minimum Gasteiger partial charge on any atom is -0.550 e. The zero-order valence-electron chi connectivity index (χ0n) is 7.74. The monoisotopic (exact) mass is 258 g/mol. The summed E-state index contributed by atoms with van der Waals surface area (Å²) < 4.78 is 2.53. The predicted octanol–water partition coefficient (Wildman–Crippen LogP) is -0.295. The van der Waals surface area contributed by atoms with Crippen LogP contribution in [0.1, 0.15) is 6.92 Å². The van der Waals surface area contributed by atoms with Crippen molar-refractivity contribution in [1.82, 2.24) is 0 Å². The fourth-order valence-corrected chi connectivity index (χ4v) is 1.43. The van der Waals surface area contributed by atoms with E-state index in [4.69, 9.17) is 5.73 Å². The van der Waals surface area contributed by atoms with E-state index in [1.165, 1.54) is 0 Å². The molecule has 1 rings (SSSR count). The molecule has 0 aliphatic rings. The lowest BCUT2D eigenvalue weighted by Crippen LogP contribution is -2.44. The molecule has 76 valence electrons. The minimum atomic E-state index is -1.07. The molecule has 0 amide bonds. The third-order valence-corrected chi connectivity index (χ3v) is 2.37. The Labute approximate surface area is 90.5 Å². The maximum atomic E-state index is 10.5. The van der Waals surface area contributed by atoms with Crippen LogP contribution in [0.25, 0.3) is 0 Å². The molecule has 0 spiro atoms. The van der Waals surface area contributed by atoms with Gasteiger partial charge in [-0.3, -0.25) is 5.73 Å². The van der Waals surface area contributed by atoms with Crippen LogP contribution < -0.4 is 15.4 Å². The van der Waals surface area contributed by atoms with Gasteiger partial charge in [0.25, 0.3) is 5.82 Å². The summed E-state index contributed by atoms with van der Waals surface area (Å²) in [7, 11) is 0. The zero-order chi connectivity index (χ0) is 10.7. The molecule has 0 saturated carbocycles. The Morgan fingerprint density at radius 3 is 2.93 bits per heavy atom. The first-order chi connectivity index (χ1) is 6.50. The van der Waals surface area contributed by atoms with Crippen molar-refractivity contribution in [1.29, 1.82) is 0 Å². The largest absolute Gasteiger partial charge is 0.550 e. The Bertz CT molecular complexity index is 355. The number of carbonyl (C=O) groups is 1. The minimum absolute atomic E-state index is 0.313. The van der Waals surface area contributed by atoms with Crippen LogP contribution in [-0.2, 0) is 11.3 Å². The number of carbonyl (C=O) groups excluding carboxylic acids is 1. The fraction of sp³-hybridized carbons (Fsp3) is 0.333. The van der Waals surface area contributed by atoms with Gasteiger partial charge in [-0.15, -0.1) is 0 Å². The van der Waals surface area contributed by atoms with Crippen molar-refractivity contribution in [3.8, 4) is 0 Å². The Kier molecular flexibility index (Phi) is 3.46. The van der Waals surface area contributed by atoms with Crippen LogP contribution in [0.5, 0.6) is 0 Å². The third-order valence-electron chi connectivity index (χ3n) is 1.90. The average Bonchev–Trinajstić information content (AvgIpc) is 2.11. The number of nitrogens with two attached hydrogens (primary N) is 1. The molecular formula is C9H11BrN2O2. The zero-order valence-corrected chi connectivity index (χ0v) is 9.32. The molecule has 1 unspecified atom stereocenters. The molecular weight excluding hydrogens is 248 g/mol. The summed E-state index contributed by atoms with van der Waals surface area (Å²) in [6, 6.07) is 3.52. The molecule has 1 aromatic heterocycles. The number of carboxylic acid groups (broad SMARTS) is 1. The van der Waals surface area contributed by atoms with Crippen molar-refractivity contribution in [2.24, 2.45) is 5.92 Å². The molecule has 1 aromatic rings. The van der Waals surface area contributed by atoms with Crippen LogP contribution in [0.15, 0.2) is 22.8 Å². The standard InChI is InChI=1S/C9H11BrN2O2/c1-6(9(13)14)4-12-5-7(10)2-3-8(12)11/h2-3,5-6,11H,4H2,1H3,(H,13,14). The number of rotatable bonds is 3. The molecule has 0 fully saturated rings. The van der Waals surface area contributed by atoms with Crippen LogP contribution in [0, 0.1) is 5.92 Å². The third kappa shape index (κ3) is 2.70. The lowest BCUT2D eigenvalue weighted by molar-refractivity contribution is -0.688. The summed E-state index contributed by atoms with van der Waals surface area (Å²) >= 11 is 3.28. The maximum Gasteiger partial charge on any atom is 0.272 e. The molecule has 0 aromatic carbocycles. The molecule has 0 aliphatic heterocycles. The van der Waals surface area contributed by atoms with Gasteiger partial charge in [-0.1, -0.05) is 6.92 Å². The number of anilines is 1. The molecule has 1 atom stereocenters. The quantitative estimate of drug-likeness (QED) is 0.758. The predicted molar refractivity (Wildman–Crippen MR) is 52.9 cm³/mol. The summed E-state index contributed by atoms with van der Waals surface area (Å²) in [5.41, 5.74) is 5.67. The number of aliphatic carboxylic acids is 1. The second-order valence-corrected chi connectivity index (χ2v) is 4.06. The van der Waals surface area contributed by atoms with Crippen LogP contribution in [-0.4, -0.2) is 5.97 Å². The maximum absolute atomic E-state index is 10.5. The van der Waals surface area contributed by atoms with Crippen molar-refractivity contribution in [3.63, 3.8) is 0 Å². The topological polar surface area (TPSA) is 70.0 Å². The summed E-state index contributed by atoms with van der Waals surface area (Å²) in [6.45, 7) is 1.90. The highest BCUT2D eigenvalue weighted by Crippen LogP contribution is 2.07. The lowest BCUT2D eigenvalue weighted by atomic mass is 10.2. The van der Waals surface area contributed by atoms with Gasteiger partial charge in [0.15, 0.2) is 0 Å².